The molecule has 9 atom stereocenters. The van der Waals surface area contributed by atoms with Crippen LogP contribution in [-0.4, -0.2) is 98.8 Å². The largest absolute Gasteiger partial charge is 0.463 e. The van der Waals surface area contributed by atoms with E-state index >= 15 is 0 Å². The smallest absolute Gasteiger partial charge is 0.305 e. The molecule has 0 bridgehead atoms. The number of rotatable bonds is 16. The first-order chi connectivity index (χ1) is 17.2. The van der Waals surface area contributed by atoms with E-state index < -0.39 is 65.9 Å². The number of hydrogen-bond donors (Lipinski definition) is 4. The monoisotopic (exact) mass is 578 g/mol. The molecule has 3 unspecified atom stereocenters. The second-order valence-corrected chi connectivity index (χ2v) is 10.6. The Morgan fingerprint density at radius 1 is 0.889 bits per heavy atom. The molecule has 2 aliphatic heterocycles. The quantitative estimate of drug-likeness (QED) is 0.124. The van der Waals surface area contributed by atoms with Gasteiger partial charge >= 0.3 is 5.97 Å². The van der Waals surface area contributed by atoms with E-state index in [0.29, 0.717) is 6.42 Å². The molecule has 2 saturated heterocycles. The molecule has 0 aromatic carbocycles. The Bertz CT molecular complexity index is 646. The summed E-state index contributed by atoms with van der Waals surface area (Å²) in [5.41, 5.74) is 0. The van der Waals surface area contributed by atoms with E-state index in [0.717, 1.165) is 19.3 Å². The number of ether oxygens (including phenoxy) is 4. The van der Waals surface area contributed by atoms with E-state index in [1.807, 2.05) is 0 Å². The third-order valence-electron chi connectivity index (χ3n) is 6.67. The second-order valence-electron chi connectivity index (χ2n) is 9.54. The predicted molar refractivity (Wildman–Crippen MR) is 135 cm³/mol. The Morgan fingerprint density at radius 3 is 2.06 bits per heavy atom. The molecule has 212 valence electrons. The van der Waals surface area contributed by atoms with Crippen molar-refractivity contribution in [3.8, 4) is 0 Å². The van der Waals surface area contributed by atoms with Crippen LogP contribution in [0.25, 0.3) is 0 Å². The first-order valence-electron chi connectivity index (χ1n) is 12.9. The van der Waals surface area contributed by atoms with E-state index in [1.165, 1.54) is 32.1 Å². The van der Waals surface area contributed by atoms with Crippen molar-refractivity contribution in [1.82, 2.24) is 0 Å². The normalized spacial score (nSPS) is 36.8. The van der Waals surface area contributed by atoms with Gasteiger partial charge in [0, 0.05) is 6.42 Å². The number of esters is 1. The summed E-state index contributed by atoms with van der Waals surface area (Å²) in [5.74, 6) is -2.92. The van der Waals surface area contributed by atoms with Crippen molar-refractivity contribution < 1.29 is 44.2 Å². The number of carbonyl (C=O) groups is 1. The molecule has 0 spiro atoms. The van der Waals surface area contributed by atoms with Crippen LogP contribution < -0.4 is 0 Å². The summed E-state index contributed by atoms with van der Waals surface area (Å²) in [6, 6.07) is 0. The molecule has 2 fully saturated rings. The van der Waals surface area contributed by atoms with Crippen LogP contribution in [0.5, 0.6) is 0 Å². The Labute approximate surface area is 228 Å². The van der Waals surface area contributed by atoms with Gasteiger partial charge in [-0.15, -0.1) is 34.8 Å². The molecule has 2 heterocycles. The maximum absolute atomic E-state index is 12.2. The molecule has 2 aliphatic rings. The van der Waals surface area contributed by atoms with Gasteiger partial charge in [0.25, 0.3) is 0 Å². The lowest BCUT2D eigenvalue weighted by molar-refractivity contribution is -0.357. The van der Waals surface area contributed by atoms with Gasteiger partial charge in [-0.3, -0.25) is 4.79 Å². The van der Waals surface area contributed by atoms with Crippen molar-refractivity contribution in [2.75, 3.05) is 18.4 Å². The van der Waals surface area contributed by atoms with Gasteiger partial charge in [0.1, 0.15) is 43.2 Å². The van der Waals surface area contributed by atoms with Crippen LogP contribution in [0.3, 0.4) is 0 Å². The lowest BCUT2D eigenvalue weighted by Crippen LogP contribution is -2.61. The van der Waals surface area contributed by atoms with E-state index in [2.05, 4.69) is 6.92 Å². The topological polar surface area (TPSA) is 135 Å². The van der Waals surface area contributed by atoms with Crippen molar-refractivity contribution in [2.45, 2.75) is 125 Å². The van der Waals surface area contributed by atoms with E-state index in [4.69, 9.17) is 53.8 Å². The minimum absolute atomic E-state index is 0.141. The molecule has 0 aromatic heterocycles. The molecular formula is C24H41Cl3O9. The maximum Gasteiger partial charge on any atom is 0.305 e. The van der Waals surface area contributed by atoms with Crippen LogP contribution >= 0.6 is 34.8 Å². The van der Waals surface area contributed by atoms with Gasteiger partial charge in [0.15, 0.2) is 6.29 Å². The highest BCUT2D eigenvalue weighted by Crippen LogP contribution is 2.38. The van der Waals surface area contributed by atoms with Crippen LogP contribution in [0.2, 0.25) is 0 Å². The molecule has 0 aromatic rings. The number of hydrogen-bond acceptors (Lipinski definition) is 9. The minimum Gasteiger partial charge on any atom is -0.463 e. The molecule has 4 N–H and O–H groups in total. The highest BCUT2D eigenvalue weighted by molar-refractivity contribution is 6.21. The average molecular weight is 580 g/mol. The maximum atomic E-state index is 12.2. The first kappa shape index (κ1) is 32.3. The molecule has 0 amide bonds. The standard InChI is InChI=1S/C24H41Cl3O9/c1-2-3-4-5-6-7-8-9-10-11-17(28)33-13-16-18(27)20(30)21(31)23(34-16)36-24(14-26)22(32)19(29)15(12-25)35-24/h15-16,18-23,29-32H,2-14H2,1H3/t15-,16?,18+,19+,20+,21?,22?,23-,24-/m1/s1. The van der Waals surface area contributed by atoms with Crippen molar-refractivity contribution in [1.29, 1.82) is 0 Å². The highest BCUT2D eigenvalue weighted by Gasteiger charge is 2.58. The van der Waals surface area contributed by atoms with Crippen molar-refractivity contribution in [2.24, 2.45) is 0 Å². The zero-order valence-electron chi connectivity index (χ0n) is 20.8. The van der Waals surface area contributed by atoms with Gasteiger partial charge in [-0.25, -0.2) is 0 Å². The number of carbonyl (C=O) groups excluding carboxylic acids is 1. The number of alkyl halides is 3. The molecule has 0 aliphatic carbocycles. The Kier molecular flexibility index (Phi) is 14.5. The van der Waals surface area contributed by atoms with Gasteiger partial charge in [-0.1, -0.05) is 58.3 Å². The summed E-state index contributed by atoms with van der Waals surface area (Å²) >= 11 is 18.0. The summed E-state index contributed by atoms with van der Waals surface area (Å²) in [4.78, 5) is 12.2. The second kappa shape index (κ2) is 16.2. The van der Waals surface area contributed by atoms with Crippen LogP contribution in [0.4, 0.5) is 0 Å². The zero-order chi connectivity index (χ0) is 26.7. The minimum atomic E-state index is -1.94. The summed E-state index contributed by atoms with van der Waals surface area (Å²) in [6.45, 7) is 1.93. The highest BCUT2D eigenvalue weighted by atomic mass is 35.5. The molecular weight excluding hydrogens is 539 g/mol. The van der Waals surface area contributed by atoms with Crippen LogP contribution in [-0.2, 0) is 23.7 Å². The van der Waals surface area contributed by atoms with E-state index in [1.54, 1.807) is 0 Å². The van der Waals surface area contributed by atoms with Crippen molar-refractivity contribution in [3.63, 3.8) is 0 Å². The predicted octanol–water partition coefficient (Wildman–Crippen LogP) is 2.82. The third kappa shape index (κ3) is 8.79. The molecule has 0 radical (unpaired) electrons. The molecule has 36 heavy (non-hydrogen) atoms. The number of halogens is 3. The summed E-state index contributed by atoms with van der Waals surface area (Å²) in [6.07, 6.45) is 0.821. The Balaban J connectivity index is 1.80. The Hall–Kier alpha value is 0.0600. The van der Waals surface area contributed by atoms with E-state index in [-0.39, 0.29) is 18.9 Å². The average Bonchev–Trinajstić information content (AvgIpc) is 3.12. The SMILES string of the molecule is CCCCCCCCCCCC(=O)OCC1O[C@H](O[C@@]2(CCl)O[C@H](CCl)[C@H](O)C2O)C(O)[C@@H](O)[C@H]1Cl. The lowest BCUT2D eigenvalue weighted by atomic mass is 10.0. The summed E-state index contributed by atoms with van der Waals surface area (Å²) in [7, 11) is 0. The van der Waals surface area contributed by atoms with Crippen molar-refractivity contribution >= 4 is 40.8 Å². The fourth-order valence-electron chi connectivity index (χ4n) is 4.37. The molecule has 2 rings (SSSR count). The van der Waals surface area contributed by atoms with Gasteiger partial charge in [0.05, 0.1) is 17.1 Å². The number of unbranched alkanes of at least 4 members (excludes halogenated alkanes) is 8. The zero-order valence-corrected chi connectivity index (χ0v) is 23.0. The van der Waals surface area contributed by atoms with Gasteiger partial charge in [-0.2, -0.15) is 0 Å². The third-order valence-corrected chi connectivity index (χ3v) is 7.89. The fraction of sp³-hybridized carbons (Fsp3) is 0.958. The molecule has 12 heteroatoms. The Morgan fingerprint density at radius 2 is 1.50 bits per heavy atom. The lowest BCUT2D eigenvalue weighted by Gasteiger charge is -2.43. The molecule has 0 saturated carbocycles. The van der Waals surface area contributed by atoms with Gasteiger partial charge in [-0.05, 0) is 6.42 Å². The number of aliphatic hydroxyl groups excluding tert-OH is 4. The van der Waals surface area contributed by atoms with Crippen LogP contribution in [0.1, 0.15) is 71.1 Å². The number of aliphatic hydroxyl groups is 4. The summed E-state index contributed by atoms with van der Waals surface area (Å²) in [5, 5.41) is 40.3. The summed E-state index contributed by atoms with van der Waals surface area (Å²) < 4.78 is 22.1. The van der Waals surface area contributed by atoms with Gasteiger partial charge < -0.3 is 39.4 Å². The fourth-order valence-corrected chi connectivity index (χ4v) is 5.18. The van der Waals surface area contributed by atoms with Crippen molar-refractivity contribution in [3.05, 3.63) is 0 Å². The van der Waals surface area contributed by atoms with E-state index in [9.17, 15) is 25.2 Å². The van der Waals surface area contributed by atoms with Crippen LogP contribution in [0, 0.1) is 0 Å². The first-order valence-corrected chi connectivity index (χ1v) is 14.4. The molecule has 9 nitrogen and oxygen atoms in total. The van der Waals surface area contributed by atoms with Gasteiger partial charge in [0.2, 0.25) is 5.79 Å². The van der Waals surface area contributed by atoms with Crippen LogP contribution in [0.15, 0.2) is 0 Å².